The number of methoxy groups -OCH3 is 1. The average Bonchev–Trinajstić information content (AvgIpc) is 3.13. The summed E-state index contributed by atoms with van der Waals surface area (Å²) in [6.07, 6.45) is 0. The fraction of sp³-hybridized carbons (Fsp3) is 0.333. The first-order chi connectivity index (χ1) is 13.5. The minimum Gasteiger partial charge on any atom is -0.383 e. The van der Waals surface area contributed by atoms with Crippen molar-refractivity contribution in [2.45, 2.75) is 5.92 Å². The van der Waals surface area contributed by atoms with Crippen molar-refractivity contribution in [3.05, 3.63) is 71.3 Å². The monoisotopic (exact) mass is 388 g/mol. The molecule has 3 rings (SSSR count). The Morgan fingerprint density at radius 2 is 1.93 bits per heavy atom. The van der Waals surface area contributed by atoms with E-state index < -0.39 is 23.5 Å². The Balaban J connectivity index is 1.84. The van der Waals surface area contributed by atoms with Crippen LogP contribution in [0, 0.1) is 17.6 Å². The van der Waals surface area contributed by atoms with Crippen molar-refractivity contribution >= 4 is 11.8 Å². The molecule has 5 nitrogen and oxygen atoms in total. The van der Waals surface area contributed by atoms with Crippen LogP contribution in [0.1, 0.15) is 21.8 Å². The third-order valence-corrected chi connectivity index (χ3v) is 4.93. The van der Waals surface area contributed by atoms with E-state index in [1.165, 1.54) is 42.3 Å². The number of rotatable bonds is 6. The van der Waals surface area contributed by atoms with Gasteiger partial charge in [0.15, 0.2) is 0 Å². The fourth-order valence-corrected chi connectivity index (χ4v) is 3.52. The maximum Gasteiger partial charge on any atom is 0.256 e. The summed E-state index contributed by atoms with van der Waals surface area (Å²) in [4.78, 5) is 26.9. The number of likely N-dealkylation sites (tertiary alicyclic amines) is 1. The van der Waals surface area contributed by atoms with Gasteiger partial charge in [0.2, 0.25) is 5.91 Å². The number of amides is 2. The zero-order valence-electron chi connectivity index (χ0n) is 15.5. The van der Waals surface area contributed by atoms with Crippen LogP contribution in [0.2, 0.25) is 0 Å². The van der Waals surface area contributed by atoms with Crippen LogP contribution >= 0.6 is 0 Å². The lowest BCUT2D eigenvalue weighted by molar-refractivity contribution is -0.125. The van der Waals surface area contributed by atoms with Crippen molar-refractivity contribution in [2.24, 2.45) is 5.92 Å². The van der Waals surface area contributed by atoms with E-state index in [9.17, 15) is 18.4 Å². The van der Waals surface area contributed by atoms with Gasteiger partial charge in [-0.15, -0.1) is 0 Å². The smallest absolute Gasteiger partial charge is 0.256 e. The Morgan fingerprint density at radius 1 is 1.14 bits per heavy atom. The highest BCUT2D eigenvalue weighted by atomic mass is 19.1. The molecule has 0 saturated carbocycles. The summed E-state index contributed by atoms with van der Waals surface area (Å²) in [5.74, 6) is -2.68. The first-order valence-corrected chi connectivity index (χ1v) is 9.07. The molecular formula is C21H22F2N2O3. The standard InChI is InChI=1S/C21H22F2N2O3/c1-28-10-9-24-20(26)18-13-25(21(27)16-7-2-3-8-19(16)23)12-17(18)14-5-4-6-15(22)11-14/h2-8,11,17-18H,9-10,12-13H2,1H3,(H,24,26). The highest BCUT2D eigenvalue weighted by Gasteiger charge is 2.41. The van der Waals surface area contributed by atoms with Gasteiger partial charge in [-0.1, -0.05) is 24.3 Å². The third-order valence-electron chi connectivity index (χ3n) is 4.93. The van der Waals surface area contributed by atoms with E-state index in [1.54, 1.807) is 18.2 Å². The molecule has 2 aromatic rings. The second-order valence-corrected chi connectivity index (χ2v) is 6.74. The number of carbonyl (C=O) groups excluding carboxylic acids is 2. The van der Waals surface area contributed by atoms with Crippen molar-refractivity contribution < 1.29 is 23.1 Å². The fourth-order valence-electron chi connectivity index (χ4n) is 3.52. The first kappa shape index (κ1) is 19.9. The number of nitrogens with one attached hydrogen (secondary N) is 1. The molecule has 0 aliphatic carbocycles. The van der Waals surface area contributed by atoms with Crippen LogP contribution in [-0.2, 0) is 9.53 Å². The van der Waals surface area contributed by atoms with Gasteiger partial charge in [-0.3, -0.25) is 9.59 Å². The molecule has 0 spiro atoms. The number of nitrogens with zero attached hydrogens (tertiary/aromatic N) is 1. The van der Waals surface area contributed by atoms with Gasteiger partial charge < -0.3 is 15.0 Å². The minimum absolute atomic E-state index is 0.0408. The van der Waals surface area contributed by atoms with E-state index in [2.05, 4.69) is 5.32 Å². The van der Waals surface area contributed by atoms with Crippen LogP contribution < -0.4 is 5.32 Å². The van der Waals surface area contributed by atoms with E-state index >= 15 is 0 Å². The Labute approximate surface area is 162 Å². The molecular weight excluding hydrogens is 366 g/mol. The predicted molar refractivity (Wildman–Crippen MR) is 99.8 cm³/mol. The number of hydrogen-bond donors (Lipinski definition) is 1. The van der Waals surface area contributed by atoms with Crippen molar-refractivity contribution in [1.82, 2.24) is 10.2 Å². The lowest BCUT2D eigenvalue weighted by Crippen LogP contribution is -2.37. The summed E-state index contributed by atoms with van der Waals surface area (Å²) >= 11 is 0. The number of hydrogen-bond acceptors (Lipinski definition) is 3. The predicted octanol–water partition coefficient (Wildman–Crippen LogP) is 2.58. The molecule has 148 valence electrons. The summed E-state index contributed by atoms with van der Waals surface area (Å²) in [7, 11) is 1.53. The highest BCUT2D eigenvalue weighted by Crippen LogP contribution is 2.34. The van der Waals surface area contributed by atoms with Gasteiger partial charge in [0.25, 0.3) is 5.91 Å². The molecule has 1 heterocycles. The zero-order valence-corrected chi connectivity index (χ0v) is 15.5. The normalized spacial score (nSPS) is 18.9. The van der Waals surface area contributed by atoms with E-state index in [0.717, 1.165) is 0 Å². The molecule has 1 saturated heterocycles. The van der Waals surface area contributed by atoms with Crippen LogP contribution in [0.25, 0.3) is 0 Å². The molecule has 2 unspecified atom stereocenters. The van der Waals surface area contributed by atoms with Crippen molar-refractivity contribution in [3.63, 3.8) is 0 Å². The molecule has 0 radical (unpaired) electrons. The van der Waals surface area contributed by atoms with E-state index in [4.69, 9.17) is 4.74 Å². The Morgan fingerprint density at radius 3 is 2.64 bits per heavy atom. The van der Waals surface area contributed by atoms with E-state index in [-0.39, 0.29) is 30.5 Å². The van der Waals surface area contributed by atoms with Crippen LogP contribution in [0.3, 0.4) is 0 Å². The molecule has 28 heavy (non-hydrogen) atoms. The molecule has 2 atom stereocenters. The molecule has 7 heteroatoms. The van der Waals surface area contributed by atoms with Crippen molar-refractivity contribution in [2.75, 3.05) is 33.4 Å². The van der Waals surface area contributed by atoms with Crippen molar-refractivity contribution in [1.29, 1.82) is 0 Å². The van der Waals surface area contributed by atoms with Gasteiger partial charge in [0, 0.05) is 32.7 Å². The lowest BCUT2D eigenvalue weighted by atomic mass is 9.88. The maximum absolute atomic E-state index is 14.0. The van der Waals surface area contributed by atoms with Gasteiger partial charge in [-0.25, -0.2) is 8.78 Å². The maximum atomic E-state index is 14.0. The molecule has 1 aliphatic rings. The van der Waals surface area contributed by atoms with Gasteiger partial charge >= 0.3 is 0 Å². The molecule has 1 fully saturated rings. The van der Waals surface area contributed by atoms with Crippen LogP contribution in [0.15, 0.2) is 48.5 Å². The second-order valence-electron chi connectivity index (χ2n) is 6.74. The van der Waals surface area contributed by atoms with E-state index in [1.807, 2.05) is 0 Å². The van der Waals surface area contributed by atoms with Crippen LogP contribution in [0.5, 0.6) is 0 Å². The van der Waals surface area contributed by atoms with Crippen LogP contribution in [-0.4, -0.2) is 50.1 Å². The Kier molecular flexibility index (Phi) is 6.36. The quantitative estimate of drug-likeness (QED) is 0.774. The SMILES string of the molecule is COCCNC(=O)C1CN(C(=O)c2ccccc2F)CC1c1cccc(F)c1. The summed E-state index contributed by atoms with van der Waals surface area (Å²) in [6.45, 7) is 1.04. The Bertz CT molecular complexity index is 859. The second kappa shape index (κ2) is 8.93. The minimum atomic E-state index is -0.609. The average molecular weight is 388 g/mol. The molecule has 2 amide bonds. The molecule has 0 aromatic heterocycles. The molecule has 1 aliphatic heterocycles. The van der Waals surface area contributed by atoms with Gasteiger partial charge in [0.05, 0.1) is 18.1 Å². The summed E-state index contributed by atoms with van der Waals surface area (Å²) in [6, 6.07) is 11.8. The lowest BCUT2D eigenvalue weighted by Gasteiger charge is -2.18. The topological polar surface area (TPSA) is 58.6 Å². The van der Waals surface area contributed by atoms with Gasteiger partial charge in [-0.05, 0) is 29.8 Å². The molecule has 1 N–H and O–H groups in total. The van der Waals surface area contributed by atoms with Crippen LogP contribution in [0.4, 0.5) is 8.78 Å². The van der Waals surface area contributed by atoms with E-state index in [0.29, 0.717) is 18.7 Å². The zero-order chi connectivity index (χ0) is 20.1. The largest absolute Gasteiger partial charge is 0.383 e. The number of ether oxygens (including phenoxy) is 1. The first-order valence-electron chi connectivity index (χ1n) is 9.07. The number of carbonyl (C=O) groups is 2. The van der Waals surface area contributed by atoms with Gasteiger partial charge in [-0.2, -0.15) is 0 Å². The van der Waals surface area contributed by atoms with Crippen molar-refractivity contribution in [3.8, 4) is 0 Å². The third kappa shape index (κ3) is 4.36. The number of halogens is 2. The summed E-state index contributed by atoms with van der Waals surface area (Å²) in [5, 5.41) is 2.78. The number of benzene rings is 2. The summed E-state index contributed by atoms with van der Waals surface area (Å²) < 4.78 is 32.7. The summed E-state index contributed by atoms with van der Waals surface area (Å²) in [5.41, 5.74) is 0.594. The molecule has 0 bridgehead atoms. The highest BCUT2D eigenvalue weighted by molar-refractivity contribution is 5.95. The van der Waals surface area contributed by atoms with Gasteiger partial charge in [0.1, 0.15) is 11.6 Å². The Hall–Kier alpha value is -2.80. The molecule has 2 aromatic carbocycles.